The highest BCUT2D eigenvalue weighted by Crippen LogP contribution is 2.43. The molecule has 6 heteroatoms. The second-order valence-electron chi connectivity index (χ2n) is 7.50. The van der Waals surface area contributed by atoms with Gasteiger partial charge in [0.05, 0.1) is 12.7 Å². The standard InChI is InChI=1S/C19H25N5O/c1-23(12-15-4-8-20-9-5-15)13-17(25)24-10-2-6-19(14-24)7-3-16-11-21-22-18(16)19/h4-5,8-9,11H,2-3,6-7,10,12-14H2,1H3,(H,21,22). The zero-order valence-electron chi connectivity index (χ0n) is 14.7. The maximum Gasteiger partial charge on any atom is 0.236 e. The maximum atomic E-state index is 12.8. The smallest absolute Gasteiger partial charge is 0.236 e. The van der Waals surface area contributed by atoms with Gasteiger partial charge in [0, 0.05) is 43.1 Å². The van der Waals surface area contributed by atoms with Crippen LogP contribution in [0.5, 0.6) is 0 Å². The van der Waals surface area contributed by atoms with Gasteiger partial charge in [0.2, 0.25) is 5.91 Å². The van der Waals surface area contributed by atoms with E-state index in [-0.39, 0.29) is 11.3 Å². The first-order valence-electron chi connectivity index (χ1n) is 9.04. The molecule has 1 amide bonds. The Balaban J connectivity index is 1.39. The number of nitrogens with one attached hydrogen (secondary N) is 1. The monoisotopic (exact) mass is 339 g/mol. The highest BCUT2D eigenvalue weighted by molar-refractivity contribution is 5.78. The number of rotatable bonds is 4. The van der Waals surface area contributed by atoms with Crippen molar-refractivity contribution in [1.29, 1.82) is 0 Å². The molecule has 3 heterocycles. The van der Waals surface area contributed by atoms with Crippen molar-refractivity contribution in [2.75, 3.05) is 26.7 Å². The summed E-state index contributed by atoms with van der Waals surface area (Å²) in [6, 6.07) is 3.99. The summed E-state index contributed by atoms with van der Waals surface area (Å²) in [7, 11) is 2.00. The molecule has 1 unspecified atom stereocenters. The Morgan fingerprint density at radius 3 is 3.04 bits per heavy atom. The van der Waals surface area contributed by atoms with E-state index in [1.54, 1.807) is 12.4 Å². The normalized spacial score (nSPS) is 22.6. The SMILES string of the molecule is CN(CC(=O)N1CCCC2(CCc3cn[nH]c32)C1)Cc1ccncc1. The van der Waals surface area contributed by atoms with E-state index in [2.05, 4.69) is 25.0 Å². The molecule has 1 aliphatic heterocycles. The van der Waals surface area contributed by atoms with Crippen LogP contribution in [0, 0.1) is 0 Å². The summed E-state index contributed by atoms with van der Waals surface area (Å²) >= 11 is 0. The average molecular weight is 339 g/mol. The van der Waals surface area contributed by atoms with Crippen molar-refractivity contribution < 1.29 is 4.79 Å². The van der Waals surface area contributed by atoms with Crippen molar-refractivity contribution in [3.05, 3.63) is 47.5 Å². The lowest BCUT2D eigenvalue weighted by atomic mass is 9.77. The third-order valence-electron chi connectivity index (χ3n) is 5.66. The van der Waals surface area contributed by atoms with Gasteiger partial charge in [0.25, 0.3) is 0 Å². The summed E-state index contributed by atoms with van der Waals surface area (Å²) < 4.78 is 0. The number of piperidine rings is 1. The molecule has 1 aliphatic carbocycles. The summed E-state index contributed by atoms with van der Waals surface area (Å²) in [6.07, 6.45) is 9.97. The van der Waals surface area contributed by atoms with Gasteiger partial charge in [-0.15, -0.1) is 0 Å². The molecule has 6 nitrogen and oxygen atoms in total. The van der Waals surface area contributed by atoms with E-state index in [0.29, 0.717) is 6.54 Å². The first kappa shape index (κ1) is 16.3. The van der Waals surface area contributed by atoms with Crippen molar-refractivity contribution in [1.82, 2.24) is 25.0 Å². The minimum Gasteiger partial charge on any atom is -0.341 e. The quantitative estimate of drug-likeness (QED) is 0.922. The molecule has 0 bridgehead atoms. The topological polar surface area (TPSA) is 65.1 Å². The number of likely N-dealkylation sites (N-methyl/N-ethyl adjacent to an activating group) is 1. The average Bonchev–Trinajstić information content (AvgIpc) is 3.21. The number of carbonyl (C=O) groups excluding carboxylic acids is 1. The van der Waals surface area contributed by atoms with E-state index in [0.717, 1.165) is 45.3 Å². The minimum absolute atomic E-state index is 0.101. The third-order valence-corrected chi connectivity index (χ3v) is 5.66. The number of nitrogens with zero attached hydrogens (tertiary/aromatic N) is 4. The number of aryl methyl sites for hydroxylation is 1. The van der Waals surface area contributed by atoms with Crippen molar-refractivity contribution in [3.8, 4) is 0 Å². The molecule has 2 aliphatic rings. The van der Waals surface area contributed by atoms with E-state index in [1.807, 2.05) is 25.4 Å². The maximum absolute atomic E-state index is 12.8. The number of pyridine rings is 1. The Hall–Kier alpha value is -2.21. The van der Waals surface area contributed by atoms with Gasteiger partial charge in [-0.25, -0.2) is 0 Å². The van der Waals surface area contributed by atoms with Crippen LogP contribution in [0.4, 0.5) is 0 Å². The summed E-state index contributed by atoms with van der Waals surface area (Å²) in [5.41, 5.74) is 3.89. The number of amides is 1. The predicted molar refractivity (Wildman–Crippen MR) is 95.0 cm³/mol. The molecule has 0 radical (unpaired) electrons. The van der Waals surface area contributed by atoms with Crippen LogP contribution in [0.15, 0.2) is 30.7 Å². The highest BCUT2D eigenvalue weighted by Gasteiger charge is 2.44. The molecule has 0 aromatic carbocycles. The summed E-state index contributed by atoms with van der Waals surface area (Å²) in [6.45, 7) is 2.91. The lowest BCUT2D eigenvalue weighted by Crippen LogP contribution is -2.50. The van der Waals surface area contributed by atoms with E-state index in [4.69, 9.17) is 0 Å². The van der Waals surface area contributed by atoms with E-state index < -0.39 is 0 Å². The molecule has 2 aromatic heterocycles. The zero-order valence-corrected chi connectivity index (χ0v) is 14.7. The molecule has 25 heavy (non-hydrogen) atoms. The number of likely N-dealkylation sites (tertiary alicyclic amines) is 1. The van der Waals surface area contributed by atoms with Crippen LogP contribution in [0.1, 0.15) is 36.1 Å². The van der Waals surface area contributed by atoms with Crippen LogP contribution in [-0.4, -0.2) is 57.6 Å². The van der Waals surface area contributed by atoms with Gasteiger partial charge in [0.15, 0.2) is 0 Å². The number of aromatic amines is 1. The lowest BCUT2D eigenvalue weighted by molar-refractivity contribution is -0.134. The zero-order chi connectivity index (χ0) is 17.3. The Bertz CT molecular complexity index is 743. The Labute approximate surface area is 148 Å². The molecule has 4 rings (SSSR count). The van der Waals surface area contributed by atoms with Crippen molar-refractivity contribution in [3.63, 3.8) is 0 Å². The Kier molecular flexibility index (Phi) is 4.29. The fourth-order valence-corrected chi connectivity index (χ4v) is 4.40. The number of hydrogen-bond acceptors (Lipinski definition) is 4. The highest BCUT2D eigenvalue weighted by atomic mass is 16.2. The van der Waals surface area contributed by atoms with Gasteiger partial charge in [-0.3, -0.25) is 19.8 Å². The first-order chi connectivity index (χ1) is 12.2. The molecule has 1 saturated heterocycles. The lowest BCUT2D eigenvalue weighted by Gasteiger charge is -2.41. The molecule has 1 fully saturated rings. The van der Waals surface area contributed by atoms with E-state index in [9.17, 15) is 4.79 Å². The van der Waals surface area contributed by atoms with Crippen molar-refractivity contribution >= 4 is 5.91 Å². The largest absolute Gasteiger partial charge is 0.341 e. The number of carbonyl (C=O) groups is 1. The van der Waals surface area contributed by atoms with Gasteiger partial charge in [-0.05, 0) is 56.0 Å². The molecule has 1 atom stereocenters. The van der Waals surface area contributed by atoms with Crippen molar-refractivity contribution in [2.45, 2.75) is 37.6 Å². The third kappa shape index (κ3) is 3.18. The van der Waals surface area contributed by atoms with E-state index in [1.165, 1.54) is 16.8 Å². The fourth-order valence-electron chi connectivity index (χ4n) is 4.40. The molecule has 1 spiro atoms. The summed E-state index contributed by atoms with van der Waals surface area (Å²) in [4.78, 5) is 21.0. The molecule has 1 N–H and O–H groups in total. The summed E-state index contributed by atoms with van der Waals surface area (Å²) in [5, 5.41) is 7.42. The van der Waals surface area contributed by atoms with Crippen LogP contribution < -0.4 is 0 Å². The van der Waals surface area contributed by atoms with Crippen LogP contribution in [0.3, 0.4) is 0 Å². The Morgan fingerprint density at radius 2 is 2.20 bits per heavy atom. The number of aromatic nitrogens is 3. The van der Waals surface area contributed by atoms with Crippen LogP contribution >= 0.6 is 0 Å². The number of fused-ring (bicyclic) bond motifs is 2. The first-order valence-corrected chi connectivity index (χ1v) is 9.04. The van der Waals surface area contributed by atoms with Crippen LogP contribution in [0.25, 0.3) is 0 Å². The van der Waals surface area contributed by atoms with Gasteiger partial charge < -0.3 is 4.90 Å². The van der Waals surface area contributed by atoms with Crippen LogP contribution in [0.2, 0.25) is 0 Å². The minimum atomic E-state index is 0.101. The second-order valence-corrected chi connectivity index (χ2v) is 7.50. The second kappa shape index (κ2) is 6.59. The fraction of sp³-hybridized carbons (Fsp3) is 0.526. The van der Waals surface area contributed by atoms with E-state index >= 15 is 0 Å². The molecular weight excluding hydrogens is 314 g/mol. The Morgan fingerprint density at radius 1 is 1.36 bits per heavy atom. The molecule has 0 saturated carbocycles. The van der Waals surface area contributed by atoms with Gasteiger partial charge >= 0.3 is 0 Å². The summed E-state index contributed by atoms with van der Waals surface area (Å²) in [5.74, 6) is 0.226. The van der Waals surface area contributed by atoms with Gasteiger partial charge in [0.1, 0.15) is 0 Å². The molecular formula is C19H25N5O. The number of H-pyrrole nitrogens is 1. The predicted octanol–water partition coefficient (Wildman–Crippen LogP) is 1.74. The molecule has 132 valence electrons. The van der Waals surface area contributed by atoms with Crippen LogP contribution in [-0.2, 0) is 23.2 Å². The van der Waals surface area contributed by atoms with Crippen molar-refractivity contribution in [2.24, 2.45) is 0 Å². The number of hydrogen-bond donors (Lipinski definition) is 1. The van der Waals surface area contributed by atoms with Gasteiger partial charge in [-0.2, -0.15) is 5.10 Å². The molecule has 2 aromatic rings. The van der Waals surface area contributed by atoms with Gasteiger partial charge in [-0.1, -0.05) is 0 Å².